The summed E-state index contributed by atoms with van der Waals surface area (Å²) in [6.07, 6.45) is 1.25. The molecule has 284 valence electrons. The molecule has 4 aromatic rings. The molecule has 7 aliphatic rings. The van der Waals surface area contributed by atoms with Crippen LogP contribution in [0.5, 0.6) is 28.7 Å². The number of carbonyl (C=O) groups is 2. The van der Waals surface area contributed by atoms with E-state index >= 15 is 0 Å². The monoisotopic (exact) mass is 763 g/mol. The van der Waals surface area contributed by atoms with Crippen LogP contribution in [0.2, 0.25) is 0 Å². The Bertz CT molecular complexity index is 2390. The highest BCUT2D eigenvalue weighted by Crippen LogP contribution is 2.64. The van der Waals surface area contributed by atoms with Crippen molar-refractivity contribution in [2.75, 3.05) is 39.9 Å². The summed E-state index contributed by atoms with van der Waals surface area (Å²) in [4.78, 5) is 35.8. The number of phenolic OH excluding ortho intramolecular Hbond substituents is 1. The summed E-state index contributed by atoms with van der Waals surface area (Å²) in [7, 11) is 3.57. The van der Waals surface area contributed by atoms with Crippen LogP contribution in [0.1, 0.15) is 68.9 Å². The zero-order chi connectivity index (χ0) is 38.1. The molecule has 0 aliphatic carbocycles. The molecule has 0 radical (unpaired) electrons. The van der Waals surface area contributed by atoms with Gasteiger partial charge in [-0.15, -0.1) is 11.8 Å². The van der Waals surface area contributed by atoms with E-state index in [1.807, 2.05) is 39.1 Å². The van der Waals surface area contributed by atoms with Gasteiger partial charge in [0.2, 0.25) is 6.79 Å². The van der Waals surface area contributed by atoms with E-state index < -0.39 is 46.9 Å². The average molecular weight is 764 g/mol. The molecule has 1 aromatic heterocycles. The molecule has 14 heteroatoms. The first-order valence-electron chi connectivity index (χ1n) is 18.7. The van der Waals surface area contributed by atoms with Crippen molar-refractivity contribution in [3.8, 4) is 34.8 Å². The van der Waals surface area contributed by atoms with E-state index in [0.29, 0.717) is 47.1 Å². The van der Waals surface area contributed by atoms with Crippen LogP contribution in [0.15, 0.2) is 30.3 Å². The highest BCUT2D eigenvalue weighted by molar-refractivity contribution is 7.99. The second-order valence-corrected chi connectivity index (χ2v) is 16.6. The minimum Gasteiger partial charge on any atom is -0.504 e. The Morgan fingerprint density at radius 3 is 2.71 bits per heavy atom. The van der Waals surface area contributed by atoms with E-state index in [1.54, 1.807) is 18.9 Å². The summed E-state index contributed by atoms with van der Waals surface area (Å²) in [5.41, 5.74) is 6.13. The van der Waals surface area contributed by atoms with Gasteiger partial charge in [-0.05, 0) is 56.5 Å². The number of H-pyrrole nitrogens is 1. The SMILES string of the molecule is COc1c(C)cc2c(c1O)[C@@H]1C3[C@@H]4SC[C@]5(NCCc6c5[nH]c5ccccc65)C(=O)OC[C@H](c5c6c(c(C)c(OC(C)=O)c54)OCO6)N3[C@@H](C#N)[C@@H](C2)N1C. The van der Waals surface area contributed by atoms with Crippen molar-refractivity contribution >= 4 is 34.6 Å². The normalized spacial score (nSPS) is 29.1. The van der Waals surface area contributed by atoms with Crippen molar-refractivity contribution in [2.24, 2.45) is 0 Å². The number of hydrogen-bond acceptors (Lipinski definition) is 13. The summed E-state index contributed by atoms with van der Waals surface area (Å²) in [5, 5.41) is 27.4. The molecule has 7 atom stereocenters. The lowest BCUT2D eigenvalue weighted by Crippen LogP contribution is -2.69. The molecule has 3 N–H and O–H groups in total. The Kier molecular flexibility index (Phi) is 7.71. The maximum atomic E-state index is 14.8. The van der Waals surface area contributed by atoms with Crippen LogP contribution in [-0.4, -0.2) is 89.8 Å². The first kappa shape index (κ1) is 34.5. The van der Waals surface area contributed by atoms with Crippen molar-refractivity contribution in [3.05, 3.63) is 75.0 Å². The number of methoxy groups -OCH3 is 1. The zero-order valence-corrected chi connectivity index (χ0v) is 32.0. The van der Waals surface area contributed by atoms with Crippen LogP contribution >= 0.6 is 11.8 Å². The van der Waals surface area contributed by atoms with E-state index in [0.717, 1.165) is 50.8 Å². The van der Waals surface area contributed by atoms with Crippen molar-refractivity contribution in [2.45, 2.75) is 74.6 Å². The van der Waals surface area contributed by atoms with E-state index in [-0.39, 0.29) is 30.9 Å². The lowest BCUT2D eigenvalue weighted by atomic mass is 9.71. The second-order valence-electron chi connectivity index (χ2n) is 15.4. The van der Waals surface area contributed by atoms with Gasteiger partial charge < -0.3 is 33.8 Å². The lowest BCUT2D eigenvalue weighted by molar-refractivity contribution is -0.157. The topological polar surface area (TPSA) is 159 Å². The number of nitrogens with zero attached hydrogens (tertiary/aromatic N) is 3. The standard InChI is InChI=1S/C41H41N5O8S/c1-18-12-21-13-25-26(14-42)46-27-15-51-40(49)41(39-23(10-11-43-41)22-8-6-7-9-24(22)44-39)16-55-38(32(46)31(45(25)4)28(21)33(48)34(18)50-5)30-29(27)37-36(52-17-53-37)19(2)35(30)54-20(3)47/h6-9,12,25-27,31-32,38,43-44,48H,10-11,13,15-17H2,1-5H3/t25-,26+,27-,31-,32?,38-,41-/m1/s1. The number of phenols is 1. The number of esters is 2. The van der Waals surface area contributed by atoms with Crippen molar-refractivity contribution in [1.29, 1.82) is 5.26 Å². The van der Waals surface area contributed by atoms with E-state index in [2.05, 4.69) is 38.3 Å². The quantitative estimate of drug-likeness (QED) is 0.190. The Balaban J connectivity index is 1.25. The van der Waals surface area contributed by atoms with E-state index in [1.165, 1.54) is 6.92 Å². The molecule has 55 heavy (non-hydrogen) atoms. The fourth-order valence-electron chi connectivity index (χ4n) is 10.6. The van der Waals surface area contributed by atoms with Crippen LogP contribution in [0.3, 0.4) is 0 Å². The number of nitriles is 1. The number of aromatic hydroxyl groups is 1. The number of likely N-dealkylation sites (N-methyl/N-ethyl adjacent to an activating group) is 1. The van der Waals surface area contributed by atoms with Crippen LogP contribution in [-0.2, 0) is 32.7 Å². The number of aromatic amines is 1. The van der Waals surface area contributed by atoms with Crippen LogP contribution < -0.4 is 24.3 Å². The third kappa shape index (κ3) is 4.58. The lowest BCUT2D eigenvalue weighted by Gasteiger charge is -2.62. The van der Waals surface area contributed by atoms with Gasteiger partial charge >= 0.3 is 11.9 Å². The Morgan fingerprint density at radius 1 is 1.13 bits per heavy atom. The first-order valence-corrected chi connectivity index (χ1v) is 19.7. The summed E-state index contributed by atoms with van der Waals surface area (Å²) < 4.78 is 30.7. The molecule has 1 spiro atoms. The summed E-state index contributed by atoms with van der Waals surface area (Å²) in [6.45, 7) is 5.56. The van der Waals surface area contributed by atoms with Gasteiger partial charge in [0.25, 0.3) is 0 Å². The third-order valence-electron chi connectivity index (χ3n) is 12.8. The van der Waals surface area contributed by atoms with Gasteiger partial charge in [-0.1, -0.05) is 24.3 Å². The van der Waals surface area contributed by atoms with Gasteiger partial charge in [-0.2, -0.15) is 5.26 Å². The number of nitrogens with one attached hydrogen (secondary N) is 2. The Hall–Kier alpha value is -4.94. The molecule has 0 amide bonds. The van der Waals surface area contributed by atoms with Crippen molar-refractivity contribution in [1.82, 2.24) is 20.1 Å². The first-order chi connectivity index (χ1) is 26.6. The number of benzene rings is 3. The second kappa shape index (κ2) is 12.3. The number of hydrogen-bond donors (Lipinski definition) is 3. The van der Waals surface area contributed by atoms with Gasteiger partial charge in [0.05, 0.1) is 36.2 Å². The summed E-state index contributed by atoms with van der Waals surface area (Å²) >= 11 is 1.56. The minimum absolute atomic E-state index is 0.0356. The molecular weight excluding hydrogens is 723 g/mol. The summed E-state index contributed by atoms with van der Waals surface area (Å²) in [5.74, 6) is 1.15. The van der Waals surface area contributed by atoms with Crippen LogP contribution in [0.4, 0.5) is 0 Å². The fraction of sp³-hybridized carbons (Fsp3) is 0.439. The van der Waals surface area contributed by atoms with Gasteiger partial charge in [0.1, 0.15) is 18.4 Å². The van der Waals surface area contributed by atoms with E-state index in [9.17, 15) is 20.0 Å². The maximum Gasteiger partial charge on any atom is 0.333 e. The number of thioether (sulfide) groups is 1. The van der Waals surface area contributed by atoms with Gasteiger partial charge in [-0.25, -0.2) is 4.79 Å². The van der Waals surface area contributed by atoms with Crippen molar-refractivity contribution < 1.29 is 38.4 Å². The van der Waals surface area contributed by atoms with Crippen LogP contribution in [0, 0.1) is 25.2 Å². The van der Waals surface area contributed by atoms with Crippen LogP contribution in [0.25, 0.3) is 10.9 Å². The Morgan fingerprint density at radius 2 is 1.93 bits per heavy atom. The molecule has 7 aliphatic heterocycles. The zero-order valence-electron chi connectivity index (χ0n) is 31.1. The number of fused-ring (bicyclic) bond motifs is 11. The molecule has 11 rings (SSSR count). The summed E-state index contributed by atoms with van der Waals surface area (Å²) in [6, 6.07) is 10.3. The largest absolute Gasteiger partial charge is 0.504 e. The molecule has 3 aromatic carbocycles. The highest BCUT2D eigenvalue weighted by Gasteiger charge is 2.62. The molecule has 1 unspecified atom stereocenters. The molecular formula is C41H41N5O8S. The maximum absolute atomic E-state index is 14.8. The number of aromatic nitrogens is 1. The van der Waals surface area contributed by atoms with Crippen molar-refractivity contribution in [3.63, 3.8) is 0 Å². The average Bonchev–Trinajstić information content (AvgIpc) is 3.81. The molecule has 0 saturated carbocycles. The number of aryl methyl sites for hydroxylation is 1. The van der Waals surface area contributed by atoms with Gasteiger partial charge in [-0.3, -0.25) is 19.9 Å². The van der Waals surface area contributed by atoms with E-state index in [4.69, 9.17) is 23.7 Å². The van der Waals surface area contributed by atoms with Gasteiger partial charge in [0, 0.05) is 64.5 Å². The number of rotatable bonds is 2. The molecule has 4 bridgehead atoms. The Labute approximate surface area is 321 Å². The third-order valence-corrected chi connectivity index (χ3v) is 14.3. The molecule has 2 fully saturated rings. The number of carbonyl (C=O) groups excluding carboxylic acids is 2. The predicted molar refractivity (Wildman–Crippen MR) is 202 cm³/mol. The number of para-hydroxylation sites is 1. The smallest absolute Gasteiger partial charge is 0.333 e. The number of ether oxygens (including phenoxy) is 5. The predicted octanol–water partition coefficient (Wildman–Crippen LogP) is 4.75. The minimum atomic E-state index is -1.24. The molecule has 2 saturated heterocycles. The molecule has 8 heterocycles. The number of piperazine rings is 1. The van der Waals surface area contributed by atoms with Gasteiger partial charge in [0.15, 0.2) is 28.5 Å². The fourth-order valence-corrected chi connectivity index (χ4v) is 12.3. The molecule has 13 nitrogen and oxygen atoms in total. The highest BCUT2D eigenvalue weighted by atomic mass is 32.2.